The zero-order valence-electron chi connectivity index (χ0n) is 11.4. The molecular formula is C17H13BrO3. The Labute approximate surface area is 131 Å². The van der Waals surface area contributed by atoms with Crippen LogP contribution in [0.4, 0.5) is 0 Å². The van der Waals surface area contributed by atoms with E-state index in [1.165, 1.54) is 0 Å². The molecule has 0 radical (unpaired) electrons. The number of hydrogen-bond acceptors (Lipinski definition) is 3. The highest BCUT2D eigenvalue weighted by molar-refractivity contribution is 9.10. The molecule has 0 aliphatic carbocycles. The fourth-order valence-corrected chi connectivity index (χ4v) is 2.56. The lowest BCUT2D eigenvalue weighted by atomic mass is 10.1. The minimum absolute atomic E-state index is 0.108. The van der Waals surface area contributed by atoms with Crippen molar-refractivity contribution in [1.29, 1.82) is 0 Å². The van der Waals surface area contributed by atoms with Crippen molar-refractivity contribution in [2.24, 2.45) is 0 Å². The van der Waals surface area contributed by atoms with E-state index in [0.29, 0.717) is 29.4 Å². The predicted molar refractivity (Wildman–Crippen MR) is 84.7 cm³/mol. The van der Waals surface area contributed by atoms with Gasteiger partial charge in [-0.25, -0.2) is 0 Å². The molecular weight excluding hydrogens is 332 g/mol. The maximum Gasteiger partial charge on any atom is 0.231 e. The lowest BCUT2D eigenvalue weighted by Crippen LogP contribution is -1.98. The van der Waals surface area contributed by atoms with Gasteiger partial charge in [0.15, 0.2) is 5.76 Å². The molecule has 3 nitrogen and oxygen atoms in total. The number of Topliss-reactive ketones (excluding diaryl/α,β-unsaturated/α-hetero) is 1. The zero-order valence-corrected chi connectivity index (χ0v) is 13.0. The summed E-state index contributed by atoms with van der Waals surface area (Å²) in [6.45, 7) is 2.49. The molecule has 0 N–H and O–H groups in total. The Morgan fingerprint density at radius 1 is 1.24 bits per heavy atom. The van der Waals surface area contributed by atoms with Gasteiger partial charge < -0.3 is 9.47 Å². The highest BCUT2D eigenvalue weighted by Crippen LogP contribution is 2.35. The monoisotopic (exact) mass is 344 g/mol. The highest BCUT2D eigenvalue weighted by Gasteiger charge is 2.27. The molecule has 21 heavy (non-hydrogen) atoms. The number of carbonyl (C=O) groups is 1. The first-order valence-electron chi connectivity index (χ1n) is 6.64. The Kier molecular flexibility index (Phi) is 3.80. The topological polar surface area (TPSA) is 35.5 Å². The van der Waals surface area contributed by atoms with E-state index in [0.717, 1.165) is 10.0 Å². The molecule has 106 valence electrons. The summed E-state index contributed by atoms with van der Waals surface area (Å²) in [5.74, 6) is 1.46. The third kappa shape index (κ3) is 2.72. The van der Waals surface area contributed by atoms with Gasteiger partial charge in [0.25, 0.3) is 0 Å². The summed E-state index contributed by atoms with van der Waals surface area (Å²) < 4.78 is 12.0. The van der Waals surface area contributed by atoms with Crippen LogP contribution in [0.15, 0.2) is 52.7 Å². The molecule has 4 heteroatoms. The van der Waals surface area contributed by atoms with Crippen molar-refractivity contribution in [1.82, 2.24) is 0 Å². The van der Waals surface area contributed by atoms with E-state index >= 15 is 0 Å². The molecule has 3 rings (SSSR count). The van der Waals surface area contributed by atoms with Crippen molar-refractivity contribution < 1.29 is 14.3 Å². The van der Waals surface area contributed by atoms with E-state index in [-0.39, 0.29) is 5.78 Å². The Morgan fingerprint density at radius 2 is 2.05 bits per heavy atom. The van der Waals surface area contributed by atoms with Crippen molar-refractivity contribution in [3.63, 3.8) is 0 Å². The zero-order chi connectivity index (χ0) is 14.8. The summed E-state index contributed by atoms with van der Waals surface area (Å²) in [6, 6.07) is 12.9. The minimum atomic E-state index is -0.108. The van der Waals surface area contributed by atoms with Gasteiger partial charge in [0, 0.05) is 10.5 Å². The second-order valence-corrected chi connectivity index (χ2v) is 5.41. The number of benzene rings is 2. The second-order valence-electron chi connectivity index (χ2n) is 4.55. The van der Waals surface area contributed by atoms with E-state index < -0.39 is 0 Å². The van der Waals surface area contributed by atoms with Gasteiger partial charge in [-0.05, 0) is 36.8 Å². The fraction of sp³-hybridized carbons (Fsp3) is 0.118. The van der Waals surface area contributed by atoms with Crippen molar-refractivity contribution in [2.45, 2.75) is 6.92 Å². The van der Waals surface area contributed by atoms with Gasteiger partial charge in [-0.2, -0.15) is 0 Å². The number of ether oxygens (including phenoxy) is 2. The van der Waals surface area contributed by atoms with Gasteiger partial charge in [0.2, 0.25) is 5.78 Å². The number of hydrogen-bond donors (Lipinski definition) is 0. The van der Waals surface area contributed by atoms with Crippen LogP contribution in [0.2, 0.25) is 0 Å². The van der Waals surface area contributed by atoms with Gasteiger partial charge >= 0.3 is 0 Å². The second kappa shape index (κ2) is 5.74. The van der Waals surface area contributed by atoms with Crippen LogP contribution in [0, 0.1) is 0 Å². The van der Waals surface area contributed by atoms with Crippen LogP contribution >= 0.6 is 15.9 Å². The first kappa shape index (κ1) is 13.9. The number of allylic oxidation sites excluding steroid dienone is 1. The Hall–Kier alpha value is -2.07. The predicted octanol–water partition coefficient (Wildman–Crippen LogP) is 4.46. The fourth-order valence-electron chi connectivity index (χ4n) is 2.16. The molecule has 1 heterocycles. The lowest BCUT2D eigenvalue weighted by molar-refractivity contribution is 0.101. The van der Waals surface area contributed by atoms with Crippen molar-refractivity contribution in [2.75, 3.05) is 6.61 Å². The van der Waals surface area contributed by atoms with Crippen LogP contribution in [0.5, 0.6) is 11.5 Å². The Balaban J connectivity index is 1.95. The van der Waals surface area contributed by atoms with Crippen LogP contribution in [0.25, 0.3) is 6.08 Å². The van der Waals surface area contributed by atoms with Gasteiger partial charge in [-0.3, -0.25) is 4.79 Å². The largest absolute Gasteiger partial charge is 0.494 e. The average Bonchev–Trinajstić information content (AvgIpc) is 2.78. The highest BCUT2D eigenvalue weighted by atomic mass is 79.9. The van der Waals surface area contributed by atoms with Gasteiger partial charge in [-0.15, -0.1) is 0 Å². The van der Waals surface area contributed by atoms with Crippen LogP contribution in [-0.4, -0.2) is 12.4 Å². The Morgan fingerprint density at radius 3 is 2.81 bits per heavy atom. The van der Waals surface area contributed by atoms with E-state index in [1.54, 1.807) is 24.3 Å². The normalized spacial score (nSPS) is 15.0. The SMILES string of the molecule is CCOc1ccc2c(c1)O/C(=C/c1ccccc1Br)C2=O. The summed E-state index contributed by atoms with van der Waals surface area (Å²) in [4.78, 5) is 12.3. The summed E-state index contributed by atoms with van der Waals surface area (Å²) in [5.41, 5.74) is 1.47. The summed E-state index contributed by atoms with van der Waals surface area (Å²) in [6.07, 6.45) is 1.74. The number of fused-ring (bicyclic) bond motifs is 1. The molecule has 0 bridgehead atoms. The maximum absolute atomic E-state index is 12.3. The number of ketones is 1. The van der Waals surface area contributed by atoms with Crippen LogP contribution in [-0.2, 0) is 0 Å². The molecule has 0 unspecified atom stereocenters. The molecule has 0 saturated carbocycles. The van der Waals surface area contributed by atoms with Crippen LogP contribution in [0.1, 0.15) is 22.8 Å². The minimum Gasteiger partial charge on any atom is -0.494 e. The van der Waals surface area contributed by atoms with Gasteiger partial charge in [0.1, 0.15) is 11.5 Å². The standard InChI is InChI=1S/C17H13BrO3/c1-2-20-12-7-8-13-15(10-12)21-16(17(13)19)9-11-5-3-4-6-14(11)18/h3-10H,2H2,1H3/b16-9+. The van der Waals surface area contributed by atoms with Gasteiger partial charge in [0.05, 0.1) is 12.2 Å². The quantitative estimate of drug-likeness (QED) is 0.771. The molecule has 1 aliphatic heterocycles. The first-order valence-corrected chi connectivity index (χ1v) is 7.44. The smallest absolute Gasteiger partial charge is 0.231 e. The average molecular weight is 345 g/mol. The number of halogens is 1. The molecule has 2 aromatic rings. The van der Waals surface area contributed by atoms with E-state index in [4.69, 9.17) is 9.47 Å². The molecule has 2 aromatic carbocycles. The van der Waals surface area contributed by atoms with Gasteiger partial charge in [-0.1, -0.05) is 34.1 Å². The third-order valence-electron chi connectivity index (χ3n) is 3.14. The molecule has 0 saturated heterocycles. The summed E-state index contributed by atoms with van der Waals surface area (Å²) >= 11 is 3.46. The molecule has 1 aliphatic rings. The third-order valence-corrected chi connectivity index (χ3v) is 3.87. The van der Waals surface area contributed by atoms with Crippen molar-refractivity contribution in [3.05, 3.63) is 63.8 Å². The van der Waals surface area contributed by atoms with Crippen molar-refractivity contribution in [3.8, 4) is 11.5 Å². The van der Waals surface area contributed by atoms with Crippen LogP contribution in [0.3, 0.4) is 0 Å². The molecule has 0 fully saturated rings. The van der Waals surface area contributed by atoms with E-state index in [9.17, 15) is 4.79 Å². The summed E-state index contributed by atoms with van der Waals surface area (Å²) in [7, 11) is 0. The molecule has 0 spiro atoms. The van der Waals surface area contributed by atoms with Crippen molar-refractivity contribution >= 4 is 27.8 Å². The van der Waals surface area contributed by atoms with E-state index in [1.807, 2.05) is 31.2 Å². The summed E-state index contributed by atoms with van der Waals surface area (Å²) in [5, 5.41) is 0. The number of rotatable bonds is 3. The van der Waals surface area contributed by atoms with E-state index in [2.05, 4.69) is 15.9 Å². The first-order chi connectivity index (χ1) is 10.2. The maximum atomic E-state index is 12.3. The Bertz CT molecular complexity index is 735. The molecule has 0 amide bonds. The number of carbonyl (C=O) groups excluding carboxylic acids is 1. The molecule has 0 aromatic heterocycles. The molecule has 0 atom stereocenters. The lowest BCUT2D eigenvalue weighted by Gasteiger charge is -2.04. The van der Waals surface area contributed by atoms with Crippen LogP contribution < -0.4 is 9.47 Å².